The number of likely N-dealkylation sites (tertiary alicyclic amines) is 1. The summed E-state index contributed by atoms with van der Waals surface area (Å²) in [4.78, 5) is 23.9. The molecule has 0 spiro atoms. The molecule has 39 heavy (non-hydrogen) atoms. The Balaban J connectivity index is 1.23. The summed E-state index contributed by atoms with van der Waals surface area (Å²) in [5.41, 5.74) is 6.40. The number of aromatic amines is 2. The fourth-order valence-electron chi connectivity index (χ4n) is 5.12. The van der Waals surface area contributed by atoms with Gasteiger partial charge in [-0.2, -0.15) is 5.10 Å². The van der Waals surface area contributed by atoms with E-state index in [9.17, 15) is 4.39 Å². The summed E-state index contributed by atoms with van der Waals surface area (Å²) in [5, 5.41) is 7.52. The highest BCUT2D eigenvalue weighted by molar-refractivity contribution is 5.96. The molecule has 6 aromatic rings. The molecule has 0 saturated carbocycles. The molecule has 5 heterocycles. The van der Waals surface area contributed by atoms with Crippen LogP contribution >= 0.6 is 0 Å². The van der Waals surface area contributed by atoms with Gasteiger partial charge in [-0.1, -0.05) is 12.1 Å². The minimum absolute atomic E-state index is 0.351. The molecule has 0 aliphatic carbocycles. The largest absolute Gasteiger partial charge is 0.492 e. The number of benzene rings is 2. The summed E-state index contributed by atoms with van der Waals surface area (Å²) < 4.78 is 20.6. The van der Waals surface area contributed by atoms with Crippen molar-refractivity contribution in [3.05, 3.63) is 72.9 Å². The van der Waals surface area contributed by atoms with Crippen LogP contribution in [0.3, 0.4) is 0 Å². The van der Waals surface area contributed by atoms with Gasteiger partial charge in [0.25, 0.3) is 0 Å². The van der Waals surface area contributed by atoms with Crippen molar-refractivity contribution in [3.8, 4) is 39.8 Å². The quantitative estimate of drug-likeness (QED) is 0.296. The second kappa shape index (κ2) is 9.88. The number of hydrogen-bond acceptors (Lipinski definition) is 7. The predicted molar refractivity (Wildman–Crippen MR) is 147 cm³/mol. The average Bonchev–Trinajstić information content (AvgIpc) is 3.72. The Bertz CT molecular complexity index is 1780. The molecule has 7 rings (SSSR count). The van der Waals surface area contributed by atoms with Crippen molar-refractivity contribution in [3.63, 3.8) is 0 Å². The molecule has 1 aliphatic rings. The molecule has 194 valence electrons. The molecule has 1 aliphatic heterocycles. The van der Waals surface area contributed by atoms with Crippen LogP contribution in [0.4, 0.5) is 4.39 Å². The molecule has 0 radical (unpaired) electrons. The first-order valence-corrected chi connectivity index (χ1v) is 13.0. The van der Waals surface area contributed by atoms with E-state index in [2.05, 4.69) is 30.0 Å². The van der Waals surface area contributed by atoms with Gasteiger partial charge in [0.05, 0.1) is 28.4 Å². The van der Waals surface area contributed by atoms with Crippen molar-refractivity contribution in [1.82, 2.24) is 40.0 Å². The first-order chi connectivity index (χ1) is 19.2. The standard InChI is InChI=1S/C29H25FN8O/c30-19-14-18(15-20(16-19)39-13-12-38-10-1-2-11-38)21-4-3-5-23-26(21)35-29(34-23)28-27-24(36-37-28)7-6-22(33-27)25-17-31-8-9-32-25/h3-9,14-17H,1-2,10-13H2,(H,34,35)(H,36,37). The second-order valence-electron chi connectivity index (χ2n) is 9.62. The zero-order valence-electron chi connectivity index (χ0n) is 21.1. The number of imidazole rings is 1. The molecule has 10 heteroatoms. The lowest BCUT2D eigenvalue weighted by Gasteiger charge is -2.15. The van der Waals surface area contributed by atoms with Crippen LogP contribution in [-0.2, 0) is 0 Å². The molecular formula is C29H25FN8O. The normalized spacial score (nSPS) is 14.0. The third-order valence-corrected chi connectivity index (χ3v) is 7.03. The number of ether oxygens (including phenoxy) is 1. The number of hydrogen-bond donors (Lipinski definition) is 2. The maximum atomic E-state index is 14.7. The van der Waals surface area contributed by atoms with Gasteiger partial charge in [0.2, 0.25) is 0 Å². The van der Waals surface area contributed by atoms with E-state index in [-0.39, 0.29) is 5.82 Å². The van der Waals surface area contributed by atoms with Crippen molar-refractivity contribution in [2.45, 2.75) is 12.8 Å². The van der Waals surface area contributed by atoms with E-state index >= 15 is 0 Å². The Hall–Kier alpha value is -4.70. The fourth-order valence-corrected chi connectivity index (χ4v) is 5.12. The van der Waals surface area contributed by atoms with Gasteiger partial charge >= 0.3 is 0 Å². The number of nitrogens with zero attached hydrogens (tertiary/aromatic N) is 6. The van der Waals surface area contributed by atoms with E-state index < -0.39 is 0 Å². The molecule has 1 saturated heterocycles. The zero-order valence-corrected chi connectivity index (χ0v) is 21.1. The predicted octanol–water partition coefficient (Wildman–Crippen LogP) is 5.24. The van der Waals surface area contributed by atoms with E-state index in [1.807, 2.05) is 36.4 Å². The van der Waals surface area contributed by atoms with E-state index in [4.69, 9.17) is 14.7 Å². The van der Waals surface area contributed by atoms with Gasteiger partial charge in [-0.25, -0.2) is 14.4 Å². The summed E-state index contributed by atoms with van der Waals surface area (Å²) in [7, 11) is 0. The summed E-state index contributed by atoms with van der Waals surface area (Å²) in [6, 6.07) is 14.4. The molecule has 4 aromatic heterocycles. The molecular weight excluding hydrogens is 495 g/mol. The van der Waals surface area contributed by atoms with Gasteiger partial charge in [-0.05, 0) is 61.8 Å². The second-order valence-corrected chi connectivity index (χ2v) is 9.62. The number of para-hydroxylation sites is 1. The van der Waals surface area contributed by atoms with Crippen LogP contribution in [0.25, 0.3) is 56.1 Å². The Labute approximate surface area is 223 Å². The molecule has 1 fully saturated rings. The number of aromatic nitrogens is 7. The number of pyridine rings is 1. The maximum Gasteiger partial charge on any atom is 0.161 e. The molecule has 0 bridgehead atoms. The fraction of sp³-hybridized carbons (Fsp3) is 0.207. The Morgan fingerprint density at radius 1 is 0.923 bits per heavy atom. The number of H-pyrrole nitrogens is 2. The lowest BCUT2D eigenvalue weighted by Crippen LogP contribution is -2.25. The van der Waals surface area contributed by atoms with Crippen molar-refractivity contribution < 1.29 is 9.13 Å². The molecule has 0 amide bonds. The number of fused-ring (bicyclic) bond motifs is 2. The summed E-state index contributed by atoms with van der Waals surface area (Å²) >= 11 is 0. The average molecular weight is 521 g/mol. The number of rotatable bonds is 7. The van der Waals surface area contributed by atoms with Crippen molar-refractivity contribution in [1.29, 1.82) is 0 Å². The lowest BCUT2D eigenvalue weighted by atomic mass is 10.0. The van der Waals surface area contributed by atoms with Gasteiger partial charge in [-0.3, -0.25) is 20.0 Å². The van der Waals surface area contributed by atoms with Crippen molar-refractivity contribution >= 4 is 22.1 Å². The van der Waals surface area contributed by atoms with Crippen LogP contribution < -0.4 is 4.74 Å². The van der Waals surface area contributed by atoms with Gasteiger partial charge in [-0.15, -0.1) is 0 Å². The molecule has 9 nitrogen and oxygen atoms in total. The van der Waals surface area contributed by atoms with Gasteiger partial charge in [0.15, 0.2) is 11.5 Å². The van der Waals surface area contributed by atoms with E-state index in [0.29, 0.717) is 51.9 Å². The topological polar surface area (TPSA) is 108 Å². The molecule has 0 atom stereocenters. The Morgan fingerprint density at radius 3 is 2.72 bits per heavy atom. The van der Waals surface area contributed by atoms with Gasteiger partial charge in [0, 0.05) is 30.6 Å². The highest BCUT2D eigenvalue weighted by Gasteiger charge is 2.18. The SMILES string of the molecule is Fc1cc(OCCN2CCCC2)cc(-c2cccc3[nH]c(-c4n[nH]c5ccc(-c6cnccn6)nc45)nc23)c1. The Kier molecular flexibility index (Phi) is 5.93. The number of halogens is 1. The monoisotopic (exact) mass is 520 g/mol. The van der Waals surface area contributed by atoms with Crippen molar-refractivity contribution in [2.24, 2.45) is 0 Å². The molecule has 2 N–H and O–H groups in total. The summed E-state index contributed by atoms with van der Waals surface area (Å²) in [6.07, 6.45) is 7.39. The van der Waals surface area contributed by atoms with Gasteiger partial charge in [0.1, 0.15) is 29.4 Å². The smallest absolute Gasteiger partial charge is 0.161 e. The van der Waals surface area contributed by atoms with Crippen LogP contribution in [0.15, 0.2) is 67.1 Å². The van der Waals surface area contributed by atoms with Crippen LogP contribution in [0.1, 0.15) is 12.8 Å². The van der Waals surface area contributed by atoms with Crippen LogP contribution in [0, 0.1) is 5.82 Å². The van der Waals surface area contributed by atoms with Crippen molar-refractivity contribution in [2.75, 3.05) is 26.2 Å². The maximum absolute atomic E-state index is 14.7. The first-order valence-electron chi connectivity index (χ1n) is 13.0. The van der Waals surface area contributed by atoms with Gasteiger partial charge < -0.3 is 9.72 Å². The minimum Gasteiger partial charge on any atom is -0.492 e. The van der Waals surface area contributed by atoms with Crippen LogP contribution in [0.5, 0.6) is 5.75 Å². The highest BCUT2D eigenvalue weighted by atomic mass is 19.1. The first kappa shape index (κ1) is 23.4. The minimum atomic E-state index is -0.351. The summed E-state index contributed by atoms with van der Waals surface area (Å²) in [5.74, 6) is 0.720. The third-order valence-electron chi connectivity index (χ3n) is 7.03. The molecule has 0 unspecified atom stereocenters. The van der Waals surface area contributed by atoms with E-state index in [1.54, 1.807) is 18.6 Å². The summed E-state index contributed by atoms with van der Waals surface area (Å²) in [6.45, 7) is 3.57. The highest BCUT2D eigenvalue weighted by Crippen LogP contribution is 2.33. The number of nitrogens with one attached hydrogen (secondary N) is 2. The van der Waals surface area contributed by atoms with Crippen LogP contribution in [0.2, 0.25) is 0 Å². The third kappa shape index (κ3) is 4.59. The molecule has 2 aromatic carbocycles. The van der Waals surface area contributed by atoms with Crippen LogP contribution in [-0.4, -0.2) is 66.3 Å². The zero-order chi connectivity index (χ0) is 26.2. The lowest BCUT2D eigenvalue weighted by molar-refractivity contribution is 0.237. The van der Waals surface area contributed by atoms with E-state index in [1.165, 1.54) is 25.0 Å². The Morgan fingerprint density at radius 2 is 1.85 bits per heavy atom. The van der Waals surface area contributed by atoms with E-state index in [0.717, 1.165) is 36.2 Å².